The van der Waals surface area contributed by atoms with Crippen molar-refractivity contribution in [2.75, 3.05) is 0 Å². The molecular weight excluding hydrogens is 430 g/mol. The average molecular weight is 452 g/mol. The van der Waals surface area contributed by atoms with Crippen molar-refractivity contribution in [2.45, 2.75) is 37.9 Å². The Labute approximate surface area is 190 Å². The van der Waals surface area contributed by atoms with Gasteiger partial charge in [-0.25, -0.2) is 4.79 Å². The Morgan fingerprint density at radius 1 is 0.970 bits per heavy atom. The van der Waals surface area contributed by atoms with Crippen LogP contribution < -0.4 is 9.47 Å². The zero-order chi connectivity index (χ0) is 23.4. The number of ether oxygens (including phenoxy) is 2. The lowest BCUT2D eigenvalue weighted by Crippen LogP contribution is -2.26. The van der Waals surface area contributed by atoms with Crippen molar-refractivity contribution in [1.82, 2.24) is 0 Å². The van der Waals surface area contributed by atoms with Gasteiger partial charge in [-0.2, -0.15) is 0 Å². The molecule has 0 radical (unpaired) electrons. The first kappa shape index (κ1) is 21.1. The monoisotopic (exact) mass is 452 g/mol. The third-order valence-corrected chi connectivity index (χ3v) is 6.35. The van der Waals surface area contributed by atoms with Crippen molar-refractivity contribution in [3.8, 4) is 22.6 Å². The third kappa shape index (κ3) is 3.84. The van der Waals surface area contributed by atoms with Gasteiger partial charge in [-0.15, -0.1) is 8.78 Å². The molecule has 1 aliphatic heterocycles. The lowest BCUT2D eigenvalue weighted by molar-refractivity contribution is -0.286. The predicted octanol–water partition coefficient (Wildman–Crippen LogP) is 5.77. The Hall–Kier alpha value is -3.74. The second-order valence-corrected chi connectivity index (χ2v) is 8.54. The van der Waals surface area contributed by atoms with Gasteiger partial charge in [-0.1, -0.05) is 36.4 Å². The van der Waals surface area contributed by atoms with Gasteiger partial charge in [0.1, 0.15) is 5.78 Å². The number of hydrogen-bond donors (Lipinski definition) is 1. The van der Waals surface area contributed by atoms with Crippen LogP contribution in [0.1, 0.15) is 41.3 Å². The molecule has 1 heterocycles. The molecule has 1 fully saturated rings. The van der Waals surface area contributed by atoms with Crippen LogP contribution in [0.2, 0.25) is 0 Å². The van der Waals surface area contributed by atoms with Gasteiger partial charge in [-0.05, 0) is 71.8 Å². The standard InChI is InChI=1S/C26H20F2O5.H2/c1-15-2-3-16(12-20(15)17-4-6-18(7-5-17)24(30)31)13-23(29)25(10-11-25)19-8-9-21-22(14-19)33-26(27,28)32-21;/h2-9,12,14H,10-11,13H2,1H3,(H,30,31);1H. The summed E-state index contributed by atoms with van der Waals surface area (Å²) in [6.45, 7) is 1.96. The molecule has 0 atom stereocenters. The molecule has 0 bridgehead atoms. The minimum Gasteiger partial charge on any atom is -0.478 e. The molecule has 0 aromatic heterocycles. The Balaban J connectivity index is 0.00000274. The first-order chi connectivity index (χ1) is 15.7. The van der Waals surface area contributed by atoms with Gasteiger partial charge in [0.25, 0.3) is 0 Å². The number of halogens is 2. The summed E-state index contributed by atoms with van der Waals surface area (Å²) in [5.74, 6) is -1.06. The van der Waals surface area contributed by atoms with E-state index in [0.717, 1.165) is 22.3 Å². The molecule has 170 valence electrons. The maximum atomic E-state index is 13.4. The summed E-state index contributed by atoms with van der Waals surface area (Å²) < 4.78 is 35.7. The van der Waals surface area contributed by atoms with Crippen molar-refractivity contribution in [2.24, 2.45) is 0 Å². The number of carboxylic acid groups (broad SMARTS) is 1. The smallest absolute Gasteiger partial charge is 0.478 e. The molecule has 1 aliphatic carbocycles. The highest BCUT2D eigenvalue weighted by molar-refractivity contribution is 5.95. The molecule has 0 saturated heterocycles. The number of Topliss-reactive ketones (excluding diaryl/α,β-unsaturated/α-hetero) is 1. The molecule has 2 aliphatic rings. The third-order valence-electron chi connectivity index (χ3n) is 6.35. The van der Waals surface area contributed by atoms with E-state index in [1.807, 2.05) is 25.1 Å². The van der Waals surface area contributed by atoms with Crippen LogP contribution in [0.4, 0.5) is 8.78 Å². The molecule has 33 heavy (non-hydrogen) atoms. The van der Waals surface area contributed by atoms with Gasteiger partial charge in [0, 0.05) is 7.85 Å². The van der Waals surface area contributed by atoms with E-state index in [2.05, 4.69) is 9.47 Å². The fraction of sp³-hybridized carbons (Fsp3) is 0.231. The van der Waals surface area contributed by atoms with Crippen LogP contribution >= 0.6 is 0 Å². The van der Waals surface area contributed by atoms with E-state index < -0.39 is 17.7 Å². The van der Waals surface area contributed by atoms with Crippen LogP contribution in [0.5, 0.6) is 11.5 Å². The molecule has 1 saturated carbocycles. The van der Waals surface area contributed by atoms with Crippen LogP contribution in [-0.4, -0.2) is 23.2 Å². The number of benzene rings is 3. The van der Waals surface area contributed by atoms with Gasteiger partial charge in [0.05, 0.1) is 11.0 Å². The van der Waals surface area contributed by atoms with Crippen molar-refractivity contribution < 1.29 is 34.4 Å². The van der Waals surface area contributed by atoms with Crippen LogP contribution in [0.25, 0.3) is 11.1 Å². The van der Waals surface area contributed by atoms with Gasteiger partial charge in [0.2, 0.25) is 0 Å². The highest BCUT2D eigenvalue weighted by atomic mass is 19.3. The summed E-state index contributed by atoms with van der Waals surface area (Å²) in [4.78, 5) is 24.4. The van der Waals surface area contributed by atoms with Gasteiger partial charge in [0.15, 0.2) is 11.5 Å². The van der Waals surface area contributed by atoms with Crippen molar-refractivity contribution in [1.29, 1.82) is 0 Å². The van der Waals surface area contributed by atoms with Gasteiger partial charge < -0.3 is 14.6 Å². The maximum absolute atomic E-state index is 13.4. The van der Waals surface area contributed by atoms with E-state index in [1.54, 1.807) is 30.3 Å². The maximum Gasteiger partial charge on any atom is 0.586 e. The van der Waals surface area contributed by atoms with E-state index >= 15 is 0 Å². The summed E-state index contributed by atoms with van der Waals surface area (Å²) in [5, 5.41) is 9.11. The Morgan fingerprint density at radius 2 is 1.67 bits per heavy atom. The topological polar surface area (TPSA) is 72.8 Å². The number of aryl methyl sites for hydroxylation is 1. The number of carboxylic acids is 1. The largest absolute Gasteiger partial charge is 0.586 e. The SMILES string of the molecule is Cc1ccc(CC(=O)C2(c3ccc4c(c3)OC(F)(F)O4)CC2)cc1-c1ccc(C(=O)O)cc1.[HH]. The molecule has 3 aromatic rings. The molecular formula is C26H22F2O5. The number of carbonyl (C=O) groups is 2. The number of alkyl halides is 2. The molecule has 0 spiro atoms. The normalized spacial score (nSPS) is 16.9. The number of rotatable bonds is 6. The van der Waals surface area contributed by atoms with Crippen molar-refractivity contribution >= 4 is 11.8 Å². The Bertz CT molecular complexity index is 1280. The second-order valence-electron chi connectivity index (χ2n) is 8.54. The Morgan fingerprint density at radius 3 is 2.33 bits per heavy atom. The average Bonchev–Trinajstić information content (AvgIpc) is 3.52. The molecule has 5 rings (SSSR count). The van der Waals surface area contributed by atoms with Crippen LogP contribution in [0.15, 0.2) is 60.7 Å². The summed E-state index contributed by atoms with van der Waals surface area (Å²) in [5.41, 5.74) is 3.79. The van der Waals surface area contributed by atoms with E-state index in [0.29, 0.717) is 18.4 Å². The summed E-state index contributed by atoms with van der Waals surface area (Å²) in [6, 6.07) is 16.9. The van der Waals surface area contributed by atoms with Crippen LogP contribution in [0, 0.1) is 6.92 Å². The predicted molar refractivity (Wildman–Crippen MR) is 118 cm³/mol. The van der Waals surface area contributed by atoms with E-state index in [-0.39, 0.29) is 30.7 Å². The second kappa shape index (κ2) is 7.40. The minimum atomic E-state index is -3.69. The quantitative estimate of drug-likeness (QED) is 0.514. The lowest BCUT2D eigenvalue weighted by Gasteiger charge is -2.16. The molecule has 7 heteroatoms. The number of carbonyl (C=O) groups excluding carboxylic acids is 1. The summed E-state index contributed by atoms with van der Waals surface area (Å²) in [6.07, 6.45) is -2.19. The van der Waals surface area contributed by atoms with Crippen LogP contribution in [0.3, 0.4) is 0 Å². The number of ketones is 1. The summed E-state index contributed by atoms with van der Waals surface area (Å²) in [7, 11) is 0. The van der Waals surface area contributed by atoms with E-state index in [9.17, 15) is 18.4 Å². The lowest BCUT2D eigenvalue weighted by atomic mass is 9.87. The molecule has 1 N–H and O–H groups in total. The van der Waals surface area contributed by atoms with E-state index in [1.165, 1.54) is 12.1 Å². The minimum absolute atomic E-state index is 0. The fourth-order valence-corrected chi connectivity index (χ4v) is 4.34. The number of hydrogen-bond acceptors (Lipinski definition) is 4. The number of fused-ring (bicyclic) bond motifs is 1. The van der Waals surface area contributed by atoms with Gasteiger partial charge in [-0.3, -0.25) is 4.79 Å². The first-order valence-corrected chi connectivity index (χ1v) is 10.5. The zero-order valence-electron chi connectivity index (χ0n) is 17.7. The Kier molecular flexibility index (Phi) is 4.74. The highest BCUT2D eigenvalue weighted by Gasteiger charge is 2.52. The van der Waals surface area contributed by atoms with E-state index in [4.69, 9.17) is 5.11 Å². The highest BCUT2D eigenvalue weighted by Crippen LogP contribution is 2.52. The number of aromatic carboxylic acids is 1. The molecule has 0 amide bonds. The first-order valence-electron chi connectivity index (χ1n) is 10.5. The molecule has 3 aromatic carbocycles. The van der Waals surface area contributed by atoms with Crippen molar-refractivity contribution in [3.63, 3.8) is 0 Å². The molecule has 0 unspecified atom stereocenters. The van der Waals surface area contributed by atoms with Crippen molar-refractivity contribution in [3.05, 3.63) is 82.9 Å². The fourth-order valence-electron chi connectivity index (χ4n) is 4.34. The molecule has 5 nitrogen and oxygen atoms in total. The van der Waals surface area contributed by atoms with Gasteiger partial charge >= 0.3 is 12.3 Å². The zero-order valence-corrected chi connectivity index (χ0v) is 17.7. The van der Waals surface area contributed by atoms with Crippen LogP contribution in [-0.2, 0) is 16.6 Å². The summed E-state index contributed by atoms with van der Waals surface area (Å²) >= 11 is 0.